The lowest BCUT2D eigenvalue weighted by Crippen LogP contribution is -2.26. The van der Waals surface area contributed by atoms with E-state index >= 15 is 0 Å². The molecule has 0 spiro atoms. The molecule has 0 fully saturated rings. The number of nitrogens with one attached hydrogen (secondary N) is 2. The Morgan fingerprint density at radius 1 is 1.38 bits per heavy atom. The molecule has 0 bridgehead atoms. The van der Waals surface area contributed by atoms with Crippen LogP contribution in [0.2, 0.25) is 0 Å². The molecule has 2 aromatic rings. The van der Waals surface area contributed by atoms with Gasteiger partial charge in [-0.25, -0.2) is 13.1 Å². The van der Waals surface area contributed by atoms with Gasteiger partial charge in [-0.3, -0.25) is 10.4 Å². The van der Waals surface area contributed by atoms with Crippen LogP contribution < -0.4 is 10.5 Å². The second kappa shape index (κ2) is 6.19. The van der Waals surface area contributed by atoms with Gasteiger partial charge in [-0.1, -0.05) is 6.07 Å². The molecule has 0 aliphatic rings. The predicted molar refractivity (Wildman–Crippen MR) is 82.8 cm³/mol. The number of sulfonamides is 1. The molecule has 0 saturated carbocycles. The second-order valence-electron chi connectivity index (χ2n) is 4.81. The van der Waals surface area contributed by atoms with Crippen LogP contribution in [0.5, 0.6) is 0 Å². The summed E-state index contributed by atoms with van der Waals surface area (Å²) in [4.78, 5) is 4.46. The quantitative estimate of drug-likeness (QED) is 0.427. The summed E-state index contributed by atoms with van der Waals surface area (Å²) in [5, 5.41) is 7.72. The van der Waals surface area contributed by atoms with Crippen LogP contribution in [0.4, 0.5) is 0 Å². The van der Waals surface area contributed by atoms with Gasteiger partial charge in [-0.2, -0.15) is 0 Å². The Labute approximate surface area is 123 Å². The summed E-state index contributed by atoms with van der Waals surface area (Å²) in [6.45, 7) is 2.14. The number of nitrogens with zero attached hydrogens (tertiary/aromatic N) is 1. The molecule has 2 rings (SSSR count). The van der Waals surface area contributed by atoms with Crippen molar-refractivity contribution >= 4 is 26.8 Å². The fourth-order valence-electron chi connectivity index (χ4n) is 2.09. The first kappa shape index (κ1) is 15.4. The Morgan fingerprint density at radius 3 is 2.86 bits per heavy atom. The number of aromatic nitrogens is 1. The second-order valence-corrected chi connectivity index (χ2v) is 6.54. The Bertz CT molecular complexity index is 772. The predicted octanol–water partition coefficient (Wildman–Crippen LogP) is 1.54. The maximum absolute atomic E-state index is 12.4. The largest absolute Gasteiger partial charge is 0.388 e. The van der Waals surface area contributed by atoms with Gasteiger partial charge < -0.3 is 5.73 Å². The van der Waals surface area contributed by atoms with E-state index in [-0.39, 0.29) is 17.3 Å². The molecule has 0 atom stereocenters. The van der Waals surface area contributed by atoms with Gasteiger partial charge >= 0.3 is 0 Å². The van der Waals surface area contributed by atoms with Crippen LogP contribution in [0.25, 0.3) is 10.9 Å². The number of aryl methyl sites for hydroxylation is 1. The van der Waals surface area contributed by atoms with Crippen molar-refractivity contribution in [1.29, 1.82) is 5.41 Å². The molecule has 0 amide bonds. The molecule has 4 N–H and O–H groups in total. The Balaban J connectivity index is 2.28. The van der Waals surface area contributed by atoms with Gasteiger partial charge in [0.25, 0.3) is 0 Å². The Kier molecular flexibility index (Phi) is 4.54. The van der Waals surface area contributed by atoms with Crippen molar-refractivity contribution in [2.45, 2.75) is 24.7 Å². The van der Waals surface area contributed by atoms with Crippen LogP contribution in [-0.4, -0.2) is 25.8 Å². The highest BCUT2D eigenvalue weighted by Crippen LogP contribution is 2.23. The third kappa shape index (κ3) is 3.56. The number of hydrogen-bond donors (Lipinski definition) is 3. The van der Waals surface area contributed by atoms with E-state index in [0.29, 0.717) is 23.7 Å². The first-order valence-electron chi connectivity index (χ1n) is 6.59. The highest BCUT2D eigenvalue weighted by molar-refractivity contribution is 7.89. The number of pyridine rings is 1. The van der Waals surface area contributed by atoms with Gasteiger partial charge in [-0.05, 0) is 37.1 Å². The van der Waals surface area contributed by atoms with Crippen LogP contribution in [0.3, 0.4) is 0 Å². The molecule has 1 heterocycles. The van der Waals surface area contributed by atoms with Crippen LogP contribution in [0, 0.1) is 12.3 Å². The smallest absolute Gasteiger partial charge is 0.241 e. The zero-order valence-corrected chi connectivity index (χ0v) is 12.6. The van der Waals surface area contributed by atoms with E-state index in [9.17, 15) is 8.42 Å². The Hall–Kier alpha value is -1.99. The molecule has 1 aromatic heterocycles. The standard InChI is InChI=1S/C14H18N4O2S/c1-10-6-7-12(11-4-2-8-17-14(10)11)21(19,20)18-9-3-5-13(15)16/h2,4,6-8,18H,3,5,9H2,1H3,(H3,15,16). The maximum Gasteiger partial charge on any atom is 0.241 e. The van der Waals surface area contributed by atoms with E-state index in [0.717, 1.165) is 5.56 Å². The Morgan fingerprint density at radius 2 is 2.14 bits per heavy atom. The summed E-state index contributed by atoms with van der Waals surface area (Å²) in [6, 6.07) is 6.81. The van der Waals surface area contributed by atoms with Gasteiger partial charge in [0.05, 0.1) is 16.2 Å². The summed E-state index contributed by atoms with van der Waals surface area (Å²) >= 11 is 0. The van der Waals surface area contributed by atoms with Crippen molar-refractivity contribution in [3.8, 4) is 0 Å². The molecule has 112 valence electrons. The number of benzene rings is 1. The van der Waals surface area contributed by atoms with Gasteiger partial charge in [-0.15, -0.1) is 0 Å². The van der Waals surface area contributed by atoms with Gasteiger partial charge in [0.2, 0.25) is 10.0 Å². The zero-order valence-electron chi connectivity index (χ0n) is 11.8. The van der Waals surface area contributed by atoms with Crippen molar-refractivity contribution in [2.24, 2.45) is 5.73 Å². The molecule has 0 aliphatic heterocycles. The lowest BCUT2D eigenvalue weighted by Gasteiger charge is -2.10. The molecule has 6 nitrogen and oxygen atoms in total. The van der Waals surface area contributed by atoms with Crippen LogP contribution in [0.15, 0.2) is 35.4 Å². The summed E-state index contributed by atoms with van der Waals surface area (Å²) in [7, 11) is -3.60. The minimum atomic E-state index is -3.60. The lowest BCUT2D eigenvalue weighted by molar-refractivity contribution is 0.580. The normalized spacial score (nSPS) is 11.7. The average molecular weight is 306 g/mol. The summed E-state index contributed by atoms with van der Waals surface area (Å²) in [5.74, 6) is 0.0548. The van der Waals surface area contributed by atoms with E-state index in [1.165, 1.54) is 0 Å². The molecule has 1 aromatic carbocycles. The number of hydrogen-bond acceptors (Lipinski definition) is 4. The van der Waals surface area contributed by atoms with Crippen LogP contribution in [0.1, 0.15) is 18.4 Å². The van der Waals surface area contributed by atoms with Crippen molar-refractivity contribution in [3.63, 3.8) is 0 Å². The number of fused-ring (bicyclic) bond motifs is 1. The first-order valence-corrected chi connectivity index (χ1v) is 8.07. The van der Waals surface area contributed by atoms with Crippen molar-refractivity contribution in [2.75, 3.05) is 6.54 Å². The highest BCUT2D eigenvalue weighted by Gasteiger charge is 2.17. The first-order chi connectivity index (χ1) is 9.92. The molecule has 21 heavy (non-hydrogen) atoms. The molecule has 0 radical (unpaired) electrons. The zero-order chi connectivity index (χ0) is 15.5. The highest BCUT2D eigenvalue weighted by atomic mass is 32.2. The number of rotatable bonds is 6. The number of nitrogens with two attached hydrogens (primary N) is 1. The third-order valence-electron chi connectivity index (χ3n) is 3.14. The summed E-state index contributed by atoms with van der Waals surface area (Å²) in [5.41, 5.74) is 6.86. The minimum Gasteiger partial charge on any atom is -0.388 e. The topological polar surface area (TPSA) is 109 Å². The third-order valence-corrected chi connectivity index (χ3v) is 4.66. The molecule has 0 saturated heterocycles. The fraction of sp³-hybridized carbons (Fsp3) is 0.286. The number of amidine groups is 1. The van der Waals surface area contributed by atoms with E-state index in [1.54, 1.807) is 30.5 Å². The molecule has 7 heteroatoms. The van der Waals surface area contributed by atoms with Crippen molar-refractivity contribution < 1.29 is 8.42 Å². The summed E-state index contributed by atoms with van der Waals surface area (Å²) < 4.78 is 27.3. The fourth-order valence-corrected chi connectivity index (χ4v) is 3.36. The molecular formula is C14H18N4O2S. The van der Waals surface area contributed by atoms with Crippen molar-refractivity contribution in [3.05, 3.63) is 36.0 Å². The molecule has 0 unspecified atom stereocenters. The van der Waals surface area contributed by atoms with Crippen LogP contribution in [-0.2, 0) is 10.0 Å². The van der Waals surface area contributed by atoms with E-state index in [2.05, 4.69) is 9.71 Å². The van der Waals surface area contributed by atoms with Gasteiger partial charge in [0, 0.05) is 24.5 Å². The van der Waals surface area contributed by atoms with Gasteiger partial charge in [0.1, 0.15) is 0 Å². The maximum atomic E-state index is 12.4. The average Bonchev–Trinajstić information content (AvgIpc) is 2.44. The van der Waals surface area contributed by atoms with Crippen molar-refractivity contribution in [1.82, 2.24) is 9.71 Å². The molecular weight excluding hydrogens is 288 g/mol. The SMILES string of the molecule is Cc1ccc(S(=O)(=O)NCCCC(=N)N)c2cccnc12. The van der Waals surface area contributed by atoms with Gasteiger partial charge in [0.15, 0.2) is 0 Å². The summed E-state index contributed by atoms with van der Waals surface area (Å²) in [6.07, 6.45) is 2.52. The van der Waals surface area contributed by atoms with Crippen LogP contribution >= 0.6 is 0 Å². The monoisotopic (exact) mass is 306 g/mol. The minimum absolute atomic E-state index is 0.0548. The van der Waals surface area contributed by atoms with E-state index in [4.69, 9.17) is 11.1 Å². The molecule has 0 aliphatic carbocycles. The lowest BCUT2D eigenvalue weighted by atomic mass is 10.1. The van der Waals surface area contributed by atoms with E-state index < -0.39 is 10.0 Å². The van der Waals surface area contributed by atoms with E-state index in [1.807, 2.05) is 6.92 Å².